The Bertz CT molecular complexity index is 413. The van der Waals surface area contributed by atoms with Gasteiger partial charge in [0.15, 0.2) is 0 Å². The molecule has 1 heterocycles. The van der Waals surface area contributed by atoms with E-state index in [0.29, 0.717) is 15.9 Å². The first-order chi connectivity index (χ1) is 7.11. The number of aromatic amines is 1. The van der Waals surface area contributed by atoms with Crippen molar-refractivity contribution in [3.8, 4) is 0 Å². The van der Waals surface area contributed by atoms with Crippen molar-refractivity contribution in [3.63, 3.8) is 0 Å². The van der Waals surface area contributed by atoms with Crippen LogP contribution in [0.15, 0.2) is 11.1 Å². The Hall–Kier alpha value is -0.630. The third-order valence-electron chi connectivity index (χ3n) is 2.75. The van der Waals surface area contributed by atoms with Crippen molar-refractivity contribution >= 4 is 28.4 Å². The number of anilines is 1. The maximum Gasteiger partial charge on any atom is 0.266 e. The summed E-state index contributed by atoms with van der Waals surface area (Å²) in [7, 11) is 0. The van der Waals surface area contributed by atoms with Crippen LogP contribution in [0, 0.1) is 3.57 Å². The Morgan fingerprint density at radius 3 is 3.00 bits per heavy atom. The van der Waals surface area contributed by atoms with Crippen molar-refractivity contribution in [1.82, 2.24) is 9.97 Å². The molecule has 1 saturated carbocycles. The molecule has 82 valence electrons. The minimum atomic E-state index is -0.118. The van der Waals surface area contributed by atoms with Crippen molar-refractivity contribution in [3.05, 3.63) is 20.3 Å². The van der Waals surface area contributed by atoms with Crippen LogP contribution in [0.4, 0.5) is 5.82 Å². The molecule has 0 atom stereocenters. The molecular weight excluding hydrogens is 307 g/mol. The molecule has 0 aromatic carbocycles. The first-order valence-electron chi connectivity index (χ1n) is 4.87. The molecule has 0 unspecified atom stereocenters. The second-order valence-electron chi connectivity index (χ2n) is 3.96. The topological polar surface area (TPSA) is 83.8 Å². The first kappa shape index (κ1) is 10.9. The minimum absolute atomic E-state index is 0.104. The van der Waals surface area contributed by atoms with Crippen molar-refractivity contribution in [1.29, 1.82) is 0 Å². The number of aromatic nitrogens is 2. The molecule has 1 fully saturated rings. The van der Waals surface area contributed by atoms with E-state index < -0.39 is 0 Å². The van der Waals surface area contributed by atoms with Crippen molar-refractivity contribution in [2.75, 3.05) is 11.9 Å². The summed E-state index contributed by atoms with van der Waals surface area (Å²) in [5.41, 5.74) is 5.84. The van der Waals surface area contributed by atoms with Crippen LogP contribution in [0.3, 0.4) is 0 Å². The van der Waals surface area contributed by atoms with Crippen molar-refractivity contribution < 1.29 is 0 Å². The zero-order chi connectivity index (χ0) is 10.9. The van der Waals surface area contributed by atoms with Crippen LogP contribution >= 0.6 is 22.6 Å². The molecule has 1 aliphatic rings. The maximum atomic E-state index is 11.3. The summed E-state index contributed by atoms with van der Waals surface area (Å²) in [6, 6.07) is 0. The van der Waals surface area contributed by atoms with E-state index in [-0.39, 0.29) is 11.1 Å². The lowest BCUT2D eigenvalue weighted by molar-refractivity contribution is 0.265. The summed E-state index contributed by atoms with van der Waals surface area (Å²) >= 11 is 1.98. The Morgan fingerprint density at radius 1 is 1.67 bits per heavy atom. The average Bonchev–Trinajstić information content (AvgIpc) is 2.17. The molecule has 1 aromatic rings. The number of rotatable bonds is 3. The zero-order valence-electron chi connectivity index (χ0n) is 8.22. The standard InChI is InChI=1S/C9H13IN4O/c10-6-7(13-5-14-8(6)15)12-4-9(11)2-1-3-9/h5H,1-4,11H2,(H2,12,13,14,15). The van der Waals surface area contributed by atoms with E-state index >= 15 is 0 Å². The van der Waals surface area contributed by atoms with Crippen LogP contribution in [-0.2, 0) is 0 Å². The fourth-order valence-corrected chi connectivity index (χ4v) is 2.06. The molecule has 0 radical (unpaired) electrons. The summed E-state index contributed by atoms with van der Waals surface area (Å²) in [6.07, 6.45) is 4.68. The van der Waals surface area contributed by atoms with Gasteiger partial charge in [-0.3, -0.25) is 4.79 Å². The van der Waals surface area contributed by atoms with Crippen LogP contribution in [0.1, 0.15) is 19.3 Å². The first-order valence-corrected chi connectivity index (χ1v) is 5.95. The highest BCUT2D eigenvalue weighted by Gasteiger charge is 2.32. The van der Waals surface area contributed by atoms with Gasteiger partial charge in [-0.05, 0) is 41.9 Å². The van der Waals surface area contributed by atoms with E-state index in [1.165, 1.54) is 12.7 Å². The number of halogens is 1. The highest BCUT2D eigenvalue weighted by molar-refractivity contribution is 14.1. The Labute approximate surface area is 101 Å². The fraction of sp³-hybridized carbons (Fsp3) is 0.556. The van der Waals surface area contributed by atoms with E-state index in [0.717, 1.165) is 12.8 Å². The third-order valence-corrected chi connectivity index (χ3v) is 3.75. The molecule has 2 rings (SSSR count). The number of nitrogens with two attached hydrogens (primary N) is 1. The van der Waals surface area contributed by atoms with Gasteiger partial charge in [-0.15, -0.1) is 0 Å². The molecule has 15 heavy (non-hydrogen) atoms. The second kappa shape index (κ2) is 4.09. The van der Waals surface area contributed by atoms with E-state index in [4.69, 9.17) is 5.73 Å². The lowest BCUT2D eigenvalue weighted by Gasteiger charge is -2.38. The normalized spacial score (nSPS) is 18.3. The minimum Gasteiger partial charge on any atom is -0.367 e. The SMILES string of the molecule is NC1(CNc2nc[nH]c(=O)c2I)CCC1. The van der Waals surface area contributed by atoms with E-state index in [1.807, 2.05) is 22.6 Å². The quantitative estimate of drug-likeness (QED) is 0.715. The molecule has 0 bridgehead atoms. The summed E-state index contributed by atoms with van der Waals surface area (Å²) in [5, 5.41) is 3.13. The largest absolute Gasteiger partial charge is 0.367 e. The molecule has 0 spiro atoms. The maximum absolute atomic E-state index is 11.3. The monoisotopic (exact) mass is 320 g/mol. The van der Waals surface area contributed by atoms with E-state index in [2.05, 4.69) is 15.3 Å². The molecule has 4 N–H and O–H groups in total. The van der Waals surface area contributed by atoms with Gasteiger partial charge in [0.2, 0.25) is 0 Å². The smallest absolute Gasteiger partial charge is 0.266 e. The number of nitrogens with one attached hydrogen (secondary N) is 2. The zero-order valence-corrected chi connectivity index (χ0v) is 10.4. The summed E-state index contributed by atoms with van der Waals surface area (Å²) in [4.78, 5) is 17.9. The van der Waals surface area contributed by atoms with Crippen LogP contribution in [0.5, 0.6) is 0 Å². The second-order valence-corrected chi connectivity index (χ2v) is 5.04. The summed E-state index contributed by atoms with van der Waals surface area (Å²) < 4.78 is 0.582. The summed E-state index contributed by atoms with van der Waals surface area (Å²) in [5.74, 6) is 0.621. The number of hydrogen-bond acceptors (Lipinski definition) is 4. The van der Waals surface area contributed by atoms with Gasteiger partial charge < -0.3 is 16.0 Å². The highest BCUT2D eigenvalue weighted by Crippen LogP contribution is 2.29. The predicted octanol–water partition coefficient (Wildman–Crippen LogP) is 0.668. The molecule has 1 aromatic heterocycles. The summed E-state index contributed by atoms with van der Waals surface area (Å²) in [6.45, 7) is 0.680. The van der Waals surface area contributed by atoms with Gasteiger partial charge in [-0.1, -0.05) is 0 Å². The van der Waals surface area contributed by atoms with Gasteiger partial charge in [0.25, 0.3) is 5.56 Å². The van der Waals surface area contributed by atoms with E-state index in [9.17, 15) is 4.79 Å². The molecule has 0 amide bonds. The van der Waals surface area contributed by atoms with Crippen molar-refractivity contribution in [2.45, 2.75) is 24.8 Å². The molecule has 6 heteroatoms. The van der Waals surface area contributed by atoms with Gasteiger partial charge >= 0.3 is 0 Å². The molecule has 0 saturated heterocycles. The highest BCUT2D eigenvalue weighted by atomic mass is 127. The van der Waals surface area contributed by atoms with Crippen LogP contribution in [0.2, 0.25) is 0 Å². The van der Waals surface area contributed by atoms with Crippen LogP contribution < -0.4 is 16.6 Å². The van der Waals surface area contributed by atoms with Crippen molar-refractivity contribution in [2.24, 2.45) is 5.73 Å². The number of H-pyrrole nitrogens is 1. The Balaban J connectivity index is 2.05. The van der Waals surface area contributed by atoms with Gasteiger partial charge in [0.1, 0.15) is 9.39 Å². The third kappa shape index (κ3) is 2.31. The Kier molecular flexibility index (Phi) is 2.96. The number of nitrogens with zero attached hydrogens (tertiary/aromatic N) is 1. The number of hydrogen-bond donors (Lipinski definition) is 3. The van der Waals surface area contributed by atoms with Gasteiger partial charge in [-0.25, -0.2) is 4.98 Å². The molecule has 1 aliphatic carbocycles. The predicted molar refractivity (Wildman–Crippen MR) is 66.8 cm³/mol. The van der Waals surface area contributed by atoms with Gasteiger partial charge in [-0.2, -0.15) is 0 Å². The molecule has 0 aliphatic heterocycles. The van der Waals surface area contributed by atoms with Crippen LogP contribution in [-0.4, -0.2) is 22.1 Å². The molecule has 5 nitrogen and oxygen atoms in total. The van der Waals surface area contributed by atoms with E-state index in [1.54, 1.807) is 0 Å². The van der Waals surface area contributed by atoms with Crippen LogP contribution in [0.25, 0.3) is 0 Å². The van der Waals surface area contributed by atoms with Gasteiger partial charge in [0.05, 0.1) is 6.33 Å². The van der Waals surface area contributed by atoms with Gasteiger partial charge in [0, 0.05) is 12.1 Å². The Morgan fingerprint density at radius 2 is 2.40 bits per heavy atom. The molecular formula is C9H13IN4O. The average molecular weight is 320 g/mol. The fourth-order valence-electron chi connectivity index (χ4n) is 1.57. The lowest BCUT2D eigenvalue weighted by atomic mass is 9.78. The lowest BCUT2D eigenvalue weighted by Crippen LogP contribution is -2.52.